The van der Waals surface area contributed by atoms with Crippen LogP contribution in [0.2, 0.25) is 0 Å². The lowest BCUT2D eigenvalue weighted by Crippen LogP contribution is -2.27. The SMILES string of the molecule is CC(N)CCSCC(=O)NCCCOC(C)C. The van der Waals surface area contributed by atoms with Crippen molar-refractivity contribution >= 4 is 17.7 Å². The third-order valence-corrected chi connectivity index (χ3v) is 3.04. The summed E-state index contributed by atoms with van der Waals surface area (Å²) in [6.07, 6.45) is 2.09. The summed E-state index contributed by atoms with van der Waals surface area (Å²) in [5.74, 6) is 1.57. The summed E-state index contributed by atoms with van der Waals surface area (Å²) < 4.78 is 5.38. The molecule has 0 aliphatic rings. The van der Waals surface area contributed by atoms with Crippen LogP contribution in [-0.2, 0) is 9.53 Å². The Morgan fingerprint density at radius 3 is 2.71 bits per heavy atom. The van der Waals surface area contributed by atoms with Gasteiger partial charge in [-0.15, -0.1) is 0 Å². The normalized spacial score (nSPS) is 12.8. The van der Waals surface area contributed by atoms with Gasteiger partial charge in [-0.05, 0) is 39.4 Å². The van der Waals surface area contributed by atoms with Crippen LogP contribution in [0, 0.1) is 0 Å². The fraction of sp³-hybridized carbons (Fsp3) is 0.917. The predicted octanol–water partition coefficient (Wildman–Crippen LogP) is 1.39. The minimum absolute atomic E-state index is 0.101. The third kappa shape index (κ3) is 13.7. The average molecular weight is 262 g/mol. The van der Waals surface area contributed by atoms with Crippen LogP contribution in [0.5, 0.6) is 0 Å². The molecule has 0 saturated heterocycles. The molecular formula is C12H26N2O2S. The number of rotatable bonds is 10. The van der Waals surface area contributed by atoms with Crippen molar-refractivity contribution < 1.29 is 9.53 Å². The van der Waals surface area contributed by atoms with Crippen molar-refractivity contribution in [1.29, 1.82) is 0 Å². The zero-order valence-corrected chi connectivity index (χ0v) is 12.0. The number of carbonyl (C=O) groups excluding carboxylic acids is 1. The molecule has 102 valence electrons. The zero-order valence-electron chi connectivity index (χ0n) is 11.2. The molecule has 3 N–H and O–H groups in total. The summed E-state index contributed by atoms with van der Waals surface area (Å²) in [5.41, 5.74) is 5.62. The lowest BCUT2D eigenvalue weighted by atomic mass is 10.3. The van der Waals surface area contributed by atoms with Crippen molar-refractivity contribution in [2.24, 2.45) is 5.73 Å². The molecule has 0 heterocycles. The molecule has 1 amide bonds. The lowest BCUT2D eigenvalue weighted by Gasteiger charge is -2.08. The van der Waals surface area contributed by atoms with Crippen molar-refractivity contribution in [3.8, 4) is 0 Å². The van der Waals surface area contributed by atoms with E-state index >= 15 is 0 Å². The van der Waals surface area contributed by atoms with E-state index in [2.05, 4.69) is 5.32 Å². The van der Waals surface area contributed by atoms with Crippen molar-refractivity contribution in [3.63, 3.8) is 0 Å². The van der Waals surface area contributed by atoms with E-state index in [4.69, 9.17) is 10.5 Å². The Labute approximate surface area is 109 Å². The Hall–Kier alpha value is -0.260. The standard InChI is InChI=1S/C12H26N2O2S/c1-10(2)16-7-4-6-14-12(15)9-17-8-5-11(3)13/h10-11H,4-9,13H2,1-3H3,(H,14,15). The van der Waals surface area contributed by atoms with Crippen LogP contribution >= 0.6 is 11.8 Å². The molecule has 0 aromatic rings. The zero-order chi connectivity index (χ0) is 13.1. The number of carbonyl (C=O) groups is 1. The Morgan fingerprint density at radius 1 is 1.41 bits per heavy atom. The molecule has 5 heteroatoms. The van der Waals surface area contributed by atoms with Gasteiger partial charge >= 0.3 is 0 Å². The van der Waals surface area contributed by atoms with E-state index in [9.17, 15) is 4.79 Å². The molecule has 0 spiro atoms. The van der Waals surface area contributed by atoms with Crippen LogP contribution in [0.4, 0.5) is 0 Å². The van der Waals surface area contributed by atoms with E-state index in [1.165, 1.54) is 0 Å². The predicted molar refractivity (Wildman–Crippen MR) is 74.3 cm³/mol. The first-order chi connectivity index (χ1) is 8.02. The minimum atomic E-state index is 0.101. The van der Waals surface area contributed by atoms with E-state index in [0.29, 0.717) is 18.9 Å². The van der Waals surface area contributed by atoms with E-state index in [1.54, 1.807) is 11.8 Å². The number of ether oxygens (including phenoxy) is 1. The van der Waals surface area contributed by atoms with Gasteiger partial charge in [-0.2, -0.15) is 11.8 Å². The number of thioether (sulfide) groups is 1. The van der Waals surface area contributed by atoms with Crippen molar-refractivity contribution in [3.05, 3.63) is 0 Å². The first kappa shape index (κ1) is 16.7. The molecule has 1 unspecified atom stereocenters. The molecule has 0 aliphatic heterocycles. The van der Waals surface area contributed by atoms with Crippen molar-refractivity contribution in [2.45, 2.75) is 45.8 Å². The molecule has 0 fully saturated rings. The van der Waals surface area contributed by atoms with Crippen LogP contribution < -0.4 is 11.1 Å². The molecule has 4 nitrogen and oxygen atoms in total. The summed E-state index contributed by atoms with van der Waals surface area (Å²) in [7, 11) is 0. The summed E-state index contributed by atoms with van der Waals surface area (Å²) in [6, 6.07) is 0.221. The average Bonchev–Trinajstić information content (AvgIpc) is 2.23. The smallest absolute Gasteiger partial charge is 0.229 e. The van der Waals surface area contributed by atoms with Crippen LogP contribution in [0.25, 0.3) is 0 Å². The molecule has 0 aromatic carbocycles. The van der Waals surface area contributed by atoms with E-state index in [-0.39, 0.29) is 18.1 Å². The van der Waals surface area contributed by atoms with Gasteiger partial charge in [-0.3, -0.25) is 4.79 Å². The molecule has 0 aromatic heterocycles. The number of hydrogen-bond donors (Lipinski definition) is 2. The third-order valence-electron chi connectivity index (χ3n) is 2.05. The number of hydrogen-bond acceptors (Lipinski definition) is 4. The highest BCUT2D eigenvalue weighted by Gasteiger charge is 2.01. The van der Waals surface area contributed by atoms with Gasteiger partial charge in [-0.1, -0.05) is 0 Å². The van der Waals surface area contributed by atoms with Gasteiger partial charge in [0.1, 0.15) is 0 Å². The highest BCUT2D eigenvalue weighted by Crippen LogP contribution is 2.03. The van der Waals surface area contributed by atoms with Gasteiger partial charge in [-0.25, -0.2) is 0 Å². The first-order valence-corrected chi connectivity index (χ1v) is 7.39. The quantitative estimate of drug-likeness (QED) is 0.584. The van der Waals surface area contributed by atoms with E-state index in [0.717, 1.165) is 18.6 Å². The number of nitrogens with two attached hydrogens (primary N) is 1. The number of amides is 1. The molecule has 0 aliphatic carbocycles. The molecule has 17 heavy (non-hydrogen) atoms. The second kappa shape index (κ2) is 10.9. The Kier molecular flexibility index (Phi) is 10.7. The highest BCUT2D eigenvalue weighted by molar-refractivity contribution is 7.99. The summed E-state index contributed by atoms with van der Waals surface area (Å²) in [4.78, 5) is 11.4. The van der Waals surface area contributed by atoms with Gasteiger partial charge in [0.15, 0.2) is 0 Å². The topological polar surface area (TPSA) is 64.4 Å². The van der Waals surface area contributed by atoms with Gasteiger partial charge in [0, 0.05) is 19.2 Å². The van der Waals surface area contributed by atoms with Gasteiger partial charge in [0.25, 0.3) is 0 Å². The van der Waals surface area contributed by atoms with Gasteiger partial charge in [0.05, 0.1) is 11.9 Å². The minimum Gasteiger partial charge on any atom is -0.379 e. The Morgan fingerprint density at radius 2 is 2.12 bits per heavy atom. The van der Waals surface area contributed by atoms with E-state index < -0.39 is 0 Å². The highest BCUT2D eigenvalue weighted by atomic mass is 32.2. The maximum absolute atomic E-state index is 11.4. The van der Waals surface area contributed by atoms with Crippen molar-refractivity contribution in [2.75, 3.05) is 24.7 Å². The van der Waals surface area contributed by atoms with E-state index in [1.807, 2.05) is 20.8 Å². The lowest BCUT2D eigenvalue weighted by molar-refractivity contribution is -0.118. The molecule has 0 rings (SSSR count). The monoisotopic (exact) mass is 262 g/mol. The number of nitrogens with one attached hydrogen (secondary N) is 1. The fourth-order valence-electron chi connectivity index (χ4n) is 1.10. The summed E-state index contributed by atoms with van der Waals surface area (Å²) >= 11 is 1.64. The second-order valence-electron chi connectivity index (χ2n) is 4.44. The van der Waals surface area contributed by atoms with Crippen LogP contribution in [0.1, 0.15) is 33.6 Å². The van der Waals surface area contributed by atoms with Gasteiger partial charge < -0.3 is 15.8 Å². The van der Waals surface area contributed by atoms with Crippen LogP contribution in [-0.4, -0.2) is 42.7 Å². The Balaban J connectivity index is 3.23. The summed E-state index contributed by atoms with van der Waals surface area (Å²) in [6.45, 7) is 7.39. The maximum atomic E-state index is 11.4. The molecule has 1 atom stereocenters. The molecule has 0 radical (unpaired) electrons. The maximum Gasteiger partial charge on any atom is 0.229 e. The van der Waals surface area contributed by atoms with Crippen molar-refractivity contribution in [1.82, 2.24) is 5.32 Å². The molecular weight excluding hydrogens is 236 g/mol. The molecule has 0 bridgehead atoms. The molecule has 0 saturated carbocycles. The fourth-order valence-corrected chi connectivity index (χ4v) is 2.07. The van der Waals surface area contributed by atoms with Crippen LogP contribution in [0.3, 0.4) is 0 Å². The first-order valence-electron chi connectivity index (χ1n) is 6.24. The second-order valence-corrected chi connectivity index (χ2v) is 5.55. The van der Waals surface area contributed by atoms with Gasteiger partial charge in [0.2, 0.25) is 5.91 Å². The summed E-state index contributed by atoms with van der Waals surface area (Å²) in [5, 5.41) is 2.87. The van der Waals surface area contributed by atoms with Crippen LogP contribution in [0.15, 0.2) is 0 Å². The Bertz CT molecular complexity index is 199. The largest absolute Gasteiger partial charge is 0.379 e.